The molecule has 2 amide bonds. The molecule has 3 fully saturated rings. The summed E-state index contributed by atoms with van der Waals surface area (Å²) in [6.45, 7) is 4.89. The average Bonchev–Trinajstić information content (AvgIpc) is 3.17. The highest BCUT2D eigenvalue weighted by molar-refractivity contribution is 5.84. The molecule has 0 bridgehead atoms. The summed E-state index contributed by atoms with van der Waals surface area (Å²) in [4.78, 5) is 24.4. The van der Waals surface area contributed by atoms with Crippen LogP contribution in [0.25, 0.3) is 0 Å². The Morgan fingerprint density at radius 2 is 1.79 bits per heavy atom. The molecule has 152 valence electrons. The minimum atomic E-state index is -0.530. The summed E-state index contributed by atoms with van der Waals surface area (Å²) in [5, 5.41) is 5.78. The Morgan fingerprint density at radius 3 is 2.43 bits per heavy atom. The van der Waals surface area contributed by atoms with E-state index in [0.29, 0.717) is 18.2 Å². The van der Waals surface area contributed by atoms with E-state index in [-0.39, 0.29) is 36.7 Å². The Labute approximate surface area is 165 Å². The number of nitrogens with one attached hydrogen (secondary N) is 2. The average molecular weight is 388 g/mol. The Bertz CT molecular complexity index is 716. The molecule has 0 spiro atoms. The Kier molecular flexibility index (Phi) is 5.55. The van der Waals surface area contributed by atoms with Crippen LogP contribution in [-0.2, 0) is 19.0 Å². The fourth-order valence-corrected chi connectivity index (χ4v) is 3.90. The van der Waals surface area contributed by atoms with Crippen LogP contribution in [0.5, 0.6) is 0 Å². The van der Waals surface area contributed by atoms with Gasteiger partial charge >= 0.3 is 6.09 Å². The first-order valence-corrected chi connectivity index (χ1v) is 10.1. The number of rotatable bonds is 5. The number of carbonyl (C=O) groups is 2. The highest BCUT2D eigenvalue weighted by Gasteiger charge is 2.50. The van der Waals surface area contributed by atoms with E-state index >= 15 is 0 Å². The van der Waals surface area contributed by atoms with Gasteiger partial charge in [0.25, 0.3) is 0 Å². The van der Waals surface area contributed by atoms with Gasteiger partial charge in [0.05, 0.1) is 19.3 Å². The first-order chi connectivity index (χ1) is 13.5. The second kappa shape index (κ2) is 8.09. The number of ether oxygens (including phenoxy) is 3. The van der Waals surface area contributed by atoms with Crippen molar-refractivity contribution in [1.29, 1.82) is 0 Å². The van der Waals surface area contributed by atoms with E-state index in [0.717, 1.165) is 19.3 Å². The van der Waals surface area contributed by atoms with Crippen molar-refractivity contribution < 1.29 is 23.8 Å². The van der Waals surface area contributed by atoms with E-state index in [1.54, 1.807) is 0 Å². The van der Waals surface area contributed by atoms with Crippen molar-refractivity contribution in [2.24, 2.45) is 5.92 Å². The summed E-state index contributed by atoms with van der Waals surface area (Å²) in [5.74, 6) is 0.641. The lowest BCUT2D eigenvalue weighted by Crippen LogP contribution is -2.47. The van der Waals surface area contributed by atoms with Gasteiger partial charge in [0.1, 0.15) is 12.2 Å². The normalized spacial score (nSPS) is 29.2. The molecule has 2 saturated heterocycles. The van der Waals surface area contributed by atoms with Crippen LogP contribution in [0, 0.1) is 5.92 Å². The highest BCUT2D eigenvalue weighted by atomic mass is 16.6. The number of fused-ring (bicyclic) bond motifs is 1. The van der Waals surface area contributed by atoms with Crippen LogP contribution >= 0.6 is 0 Å². The van der Waals surface area contributed by atoms with Crippen LogP contribution < -0.4 is 10.6 Å². The van der Waals surface area contributed by atoms with Gasteiger partial charge in [0, 0.05) is 11.6 Å². The quantitative estimate of drug-likeness (QED) is 0.810. The molecule has 7 nitrogen and oxygen atoms in total. The van der Waals surface area contributed by atoms with E-state index in [1.807, 2.05) is 24.3 Å². The maximum atomic E-state index is 12.3. The van der Waals surface area contributed by atoms with Crippen LogP contribution in [-0.4, -0.2) is 49.6 Å². The first-order valence-electron chi connectivity index (χ1n) is 10.1. The fourth-order valence-electron chi connectivity index (χ4n) is 3.90. The summed E-state index contributed by atoms with van der Waals surface area (Å²) in [5.41, 5.74) is 1.89. The third-order valence-corrected chi connectivity index (χ3v) is 5.89. The van der Waals surface area contributed by atoms with E-state index in [4.69, 9.17) is 14.2 Å². The predicted molar refractivity (Wildman–Crippen MR) is 103 cm³/mol. The van der Waals surface area contributed by atoms with E-state index < -0.39 is 12.2 Å². The van der Waals surface area contributed by atoms with Gasteiger partial charge in [-0.3, -0.25) is 10.1 Å². The molecule has 2 heterocycles. The number of amides is 2. The van der Waals surface area contributed by atoms with E-state index in [9.17, 15) is 9.59 Å². The van der Waals surface area contributed by atoms with Crippen molar-refractivity contribution in [3.05, 3.63) is 29.8 Å². The van der Waals surface area contributed by atoms with Gasteiger partial charge in [0.15, 0.2) is 6.10 Å². The minimum Gasteiger partial charge on any atom is -0.441 e. The van der Waals surface area contributed by atoms with Crippen LogP contribution in [0.2, 0.25) is 0 Å². The maximum Gasteiger partial charge on any atom is 0.412 e. The second-order valence-electron chi connectivity index (χ2n) is 8.18. The summed E-state index contributed by atoms with van der Waals surface area (Å²) in [7, 11) is 0. The maximum absolute atomic E-state index is 12.3. The number of hydrogen-bond donors (Lipinski definition) is 2. The Morgan fingerprint density at radius 1 is 1.07 bits per heavy atom. The molecule has 4 atom stereocenters. The molecule has 28 heavy (non-hydrogen) atoms. The number of hydrogen-bond acceptors (Lipinski definition) is 5. The summed E-state index contributed by atoms with van der Waals surface area (Å²) in [6.07, 6.45) is 1.40. The van der Waals surface area contributed by atoms with Gasteiger partial charge in [-0.2, -0.15) is 0 Å². The standard InChI is InChI=1S/C21H28N2O5/c1-12(2)13-6-8-15(9-7-13)22-21(25)28-17-11-27-18-16(10-26-19(17)18)23-20(24)14-4-3-5-14/h6-9,12,14,16-19H,3-5,10-11H2,1-2H3,(H,22,25)(H,23,24)/t16-,17+,18+,19+/m0/s1. The van der Waals surface area contributed by atoms with Crippen LogP contribution in [0.15, 0.2) is 24.3 Å². The van der Waals surface area contributed by atoms with Gasteiger partial charge in [-0.1, -0.05) is 32.4 Å². The molecule has 2 aliphatic heterocycles. The smallest absolute Gasteiger partial charge is 0.412 e. The third-order valence-electron chi connectivity index (χ3n) is 5.89. The van der Waals surface area contributed by atoms with Gasteiger partial charge in [0.2, 0.25) is 5.91 Å². The molecule has 0 radical (unpaired) electrons. The topological polar surface area (TPSA) is 85.9 Å². The van der Waals surface area contributed by atoms with Crippen molar-refractivity contribution in [3.8, 4) is 0 Å². The molecule has 0 unspecified atom stereocenters. The highest BCUT2D eigenvalue weighted by Crippen LogP contribution is 2.31. The zero-order valence-electron chi connectivity index (χ0n) is 16.4. The Balaban J connectivity index is 1.27. The lowest BCUT2D eigenvalue weighted by Gasteiger charge is -2.27. The fraction of sp³-hybridized carbons (Fsp3) is 0.619. The zero-order valence-corrected chi connectivity index (χ0v) is 16.4. The zero-order chi connectivity index (χ0) is 19.7. The lowest BCUT2D eigenvalue weighted by atomic mass is 9.84. The summed E-state index contributed by atoms with van der Waals surface area (Å²) < 4.78 is 17.1. The minimum absolute atomic E-state index is 0.0797. The van der Waals surface area contributed by atoms with E-state index in [1.165, 1.54) is 5.56 Å². The molecular formula is C21H28N2O5. The third kappa shape index (κ3) is 4.00. The van der Waals surface area contributed by atoms with Gasteiger partial charge in [-0.25, -0.2) is 4.79 Å². The van der Waals surface area contributed by atoms with Crippen LogP contribution in [0.3, 0.4) is 0 Å². The van der Waals surface area contributed by atoms with Crippen molar-refractivity contribution >= 4 is 17.7 Å². The van der Waals surface area contributed by atoms with Crippen molar-refractivity contribution in [2.45, 2.75) is 63.4 Å². The molecule has 3 aliphatic rings. The van der Waals surface area contributed by atoms with Crippen molar-refractivity contribution in [3.63, 3.8) is 0 Å². The van der Waals surface area contributed by atoms with Crippen molar-refractivity contribution in [2.75, 3.05) is 18.5 Å². The van der Waals surface area contributed by atoms with Crippen molar-refractivity contribution in [1.82, 2.24) is 5.32 Å². The summed E-state index contributed by atoms with van der Waals surface area (Å²) >= 11 is 0. The Hall–Kier alpha value is -2.12. The first kappa shape index (κ1) is 19.2. The van der Waals surface area contributed by atoms with Gasteiger partial charge < -0.3 is 19.5 Å². The number of carbonyl (C=O) groups excluding carboxylic acids is 2. The molecule has 2 N–H and O–H groups in total. The predicted octanol–water partition coefficient (Wildman–Crippen LogP) is 2.81. The van der Waals surface area contributed by atoms with Crippen LogP contribution in [0.1, 0.15) is 44.6 Å². The molecule has 1 aliphatic carbocycles. The molecule has 4 rings (SSSR count). The molecular weight excluding hydrogens is 360 g/mol. The number of benzene rings is 1. The van der Waals surface area contributed by atoms with Gasteiger partial charge in [-0.15, -0.1) is 0 Å². The van der Waals surface area contributed by atoms with Gasteiger partial charge in [-0.05, 0) is 36.5 Å². The SMILES string of the molecule is CC(C)c1ccc(NC(=O)O[C@@H]2CO[C@H]3[C@@H]2OC[C@@H]3NC(=O)C2CCC2)cc1. The largest absolute Gasteiger partial charge is 0.441 e. The van der Waals surface area contributed by atoms with Crippen LogP contribution in [0.4, 0.5) is 10.5 Å². The monoisotopic (exact) mass is 388 g/mol. The molecule has 0 aromatic heterocycles. The molecule has 1 saturated carbocycles. The van der Waals surface area contributed by atoms with E-state index in [2.05, 4.69) is 24.5 Å². The second-order valence-corrected chi connectivity index (χ2v) is 8.18. The molecule has 1 aromatic rings. The molecule has 7 heteroatoms. The summed E-state index contributed by atoms with van der Waals surface area (Å²) in [6, 6.07) is 7.53. The molecule has 1 aromatic carbocycles. The lowest BCUT2D eigenvalue weighted by molar-refractivity contribution is -0.128. The number of anilines is 1.